The number of urea groups is 1. The molecule has 20 heavy (non-hydrogen) atoms. The van der Waals surface area contributed by atoms with Gasteiger partial charge in [-0.2, -0.15) is 0 Å². The van der Waals surface area contributed by atoms with E-state index in [0.29, 0.717) is 11.8 Å². The van der Waals surface area contributed by atoms with Crippen LogP contribution in [0.4, 0.5) is 4.79 Å². The molecule has 0 aromatic heterocycles. The summed E-state index contributed by atoms with van der Waals surface area (Å²) in [5, 5.41) is 23.0. The largest absolute Gasteiger partial charge is 0.480 e. The maximum absolute atomic E-state index is 11.8. The fraction of sp³-hybridized carbons (Fsp3) is 0.857. The topological polar surface area (TPSA) is 98.7 Å². The Labute approximate surface area is 118 Å². The van der Waals surface area contributed by atoms with Gasteiger partial charge in [0.05, 0.1) is 0 Å². The van der Waals surface area contributed by atoms with Crippen molar-refractivity contribution in [2.45, 2.75) is 51.1 Å². The zero-order valence-corrected chi connectivity index (χ0v) is 11.8. The van der Waals surface area contributed by atoms with E-state index >= 15 is 0 Å². The Kier molecular flexibility index (Phi) is 4.86. The summed E-state index contributed by atoms with van der Waals surface area (Å²) in [7, 11) is 0. The van der Waals surface area contributed by atoms with Crippen molar-refractivity contribution < 1.29 is 19.8 Å². The first-order valence-electron chi connectivity index (χ1n) is 7.42. The van der Waals surface area contributed by atoms with Crippen LogP contribution in [-0.2, 0) is 4.79 Å². The third-order valence-corrected chi connectivity index (χ3v) is 4.81. The van der Waals surface area contributed by atoms with Crippen molar-refractivity contribution in [2.75, 3.05) is 6.61 Å². The van der Waals surface area contributed by atoms with Gasteiger partial charge >= 0.3 is 12.0 Å². The molecule has 2 fully saturated rings. The molecule has 0 aliphatic heterocycles. The van der Waals surface area contributed by atoms with E-state index in [1.165, 1.54) is 25.7 Å². The Morgan fingerprint density at radius 3 is 2.50 bits per heavy atom. The fourth-order valence-corrected chi connectivity index (χ4v) is 3.81. The smallest absolute Gasteiger partial charge is 0.326 e. The molecule has 4 unspecified atom stereocenters. The average Bonchev–Trinajstić information content (AvgIpc) is 3.00. The molecule has 5 atom stereocenters. The van der Waals surface area contributed by atoms with E-state index in [1.807, 2.05) is 6.92 Å². The van der Waals surface area contributed by atoms with Crippen LogP contribution >= 0.6 is 0 Å². The average molecular weight is 284 g/mol. The molecular formula is C14H24N2O4. The molecule has 2 aliphatic carbocycles. The van der Waals surface area contributed by atoms with E-state index < -0.39 is 18.0 Å². The lowest BCUT2D eigenvalue weighted by Crippen LogP contribution is -2.50. The van der Waals surface area contributed by atoms with Gasteiger partial charge in [0.2, 0.25) is 0 Å². The quantitative estimate of drug-likeness (QED) is 0.583. The van der Waals surface area contributed by atoms with Crippen LogP contribution in [0.25, 0.3) is 0 Å². The highest BCUT2D eigenvalue weighted by atomic mass is 16.4. The fourth-order valence-electron chi connectivity index (χ4n) is 3.81. The normalized spacial score (nSPS) is 30.8. The van der Waals surface area contributed by atoms with Crippen molar-refractivity contribution in [1.29, 1.82) is 0 Å². The molecule has 6 nitrogen and oxygen atoms in total. The molecule has 0 heterocycles. The van der Waals surface area contributed by atoms with Gasteiger partial charge in [0.15, 0.2) is 0 Å². The number of carboxylic acids is 1. The number of hydrogen-bond donors (Lipinski definition) is 4. The Balaban J connectivity index is 1.80. The molecule has 4 N–H and O–H groups in total. The zero-order chi connectivity index (χ0) is 14.7. The van der Waals surface area contributed by atoms with Crippen LogP contribution in [0.5, 0.6) is 0 Å². The van der Waals surface area contributed by atoms with Crippen LogP contribution in [-0.4, -0.2) is 40.9 Å². The summed E-state index contributed by atoms with van der Waals surface area (Å²) in [6.07, 6.45) is 5.04. The molecule has 0 radical (unpaired) electrons. The molecule has 114 valence electrons. The number of aliphatic hydroxyl groups is 1. The summed E-state index contributed by atoms with van der Waals surface area (Å²) in [5.74, 6) is 0.920. The van der Waals surface area contributed by atoms with Crippen LogP contribution in [0.1, 0.15) is 39.0 Å². The lowest BCUT2D eigenvalue weighted by Gasteiger charge is -2.29. The summed E-state index contributed by atoms with van der Waals surface area (Å²) < 4.78 is 0. The van der Waals surface area contributed by atoms with Crippen LogP contribution in [0.15, 0.2) is 0 Å². The highest BCUT2D eigenvalue weighted by Crippen LogP contribution is 2.49. The van der Waals surface area contributed by atoms with Crippen molar-refractivity contribution >= 4 is 12.0 Å². The molecule has 2 saturated carbocycles. The first kappa shape index (κ1) is 15.1. The van der Waals surface area contributed by atoms with Crippen molar-refractivity contribution in [1.82, 2.24) is 10.6 Å². The van der Waals surface area contributed by atoms with Gasteiger partial charge in [-0.1, -0.05) is 6.42 Å². The molecule has 2 bridgehead atoms. The predicted octanol–water partition coefficient (Wildman–Crippen LogP) is 0.946. The van der Waals surface area contributed by atoms with E-state index in [9.17, 15) is 9.59 Å². The van der Waals surface area contributed by atoms with Gasteiger partial charge in [0, 0.05) is 19.1 Å². The number of rotatable bonds is 6. The highest BCUT2D eigenvalue weighted by molar-refractivity contribution is 5.82. The third kappa shape index (κ3) is 3.42. The Hall–Kier alpha value is -1.30. The molecule has 2 aliphatic rings. The Morgan fingerprint density at radius 2 is 2.00 bits per heavy atom. The number of aliphatic carboxylic acids is 1. The van der Waals surface area contributed by atoms with Gasteiger partial charge < -0.3 is 20.8 Å². The molecule has 6 heteroatoms. The maximum Gasteiger partial charge on any atom is 0.326 e. The predicted molar refractivity (Wildman–Crippen MR) is 73.2 cm³/mol. The second-order valence-electron chi connectivity index (χ2n) is 6.15. The molecule has 0 aromatic rings. The third-order valence-electron chi connectivity index (χ3n) is 4.81. The minimum absolute atomic E-state index is 0.0191. The van der Waals surface area contributed by atoms with Crippen LogP contribution in [0.3, 0.4) is 0 Å². The Bertz CT molecular complexity index is 374. The molecule has 0 spiro atoms. The van der Waals surface area contributed by atoms with E-state index in [4.69, 9.17) is 10.2 Å². The molecular weight excluding hydrogens is 260 g/mol. The Morgan fingerprint density at radius 1 is 1.25 bits per heavy atom. The second kappa shape index (κ2) is 6.43. The van der Waals surface area contributed by atoms with E-state index in [-0.39, 0.29) is 19.1 Å². The summed E-state index contributed by atoms with van der Waals surface area (Å²) in [5.41, 5.74) is 0. The first-order chi connectivity index (χ1) is 9.51. The lowest BCUT2D eigenvalue weighted by molar-refractivity contribution is -0.139. The number of amides is 2. The number of carboxylic acid groups (broad SMARTS) is 1. The number of fused-ring (bicyclic) bond motifs is 2. The molecule has 0 saturated heterocycles. The molecule has 2 rings (SSSR count). The first-order valence-corrected chi connectivity index (χ1v) is 7.42. The standard InChI is InChI=1S/C14H24N2O4/c1-8(11-7-9-2-3-10(11)6-9)15-14(20)16-12(4-5-17)13(18)19/h8-12,17H,2-7H2,1H3,(H,18,19)(H2,15,16,20)/t8?,9?,10?,11?,12-/m0/s1. The van der Waals surface area contributed by atoms with Crippen molar-refractivity contribution in [2.24, 2.45) is 17.8 Å². The number of nitrogens with one attached hydrogen (secondary N) is 2. The SMILES string of the molecule is CC(NC(=O)N[C@@H](CCO)C(=O)O)C1CC2CCC1C2. The van der Waals surface area contributed by atoms with Crippen LogP contribution < -0.4 is 10.6 Å². The zero-order valence-electron chi connectivity index (χ0n) is 11.8. The van der Waals surface area contributed by atoms with Gasteiger partial charge in [0.1, 0.15) is 6.04 Å². The molecule has 0 aromatic carbocycles. The van der Waals surface area contributed by atoms with Gasteiger partial charge in [-0.25, -0.2) is 9.59 Å². The van der Waals surface area contributed by atoms with Gasteiger partial charge in [-0.05, 0) is 43.9 Å². The molecule has 2 amide bonds. The minimum Gasteiger partial charge on any atom is -0.480 e. The number of hydrogen-bond acceptors (Lipinski definition) is 3. The second-order valence-corrected chi connectivity index (χ2v) is 6.15. The van der Waals surface area contributed by atoms with Crippen molar-refractivity contribution in [3.63, 3.8) is 0 Å². The summed E-state index contributed by atoms with van der Waals surface area (Å²) >= 11 is 0. The minimum atomic E-state index is -1.12. The summed E-state index contributed by atoms with van der Waals surface area (Å²) in [4.78, 5) is 22.8. The van der Waals surface area contributed by atoms with E-state index in [2.05, 4.69) is 10.6 Å². The van der Waals surface area contributed by atoms with Gasteiger partial charge in [0.25, 0.3) is 0 Å². The summed E-state index contributed by atoms with van der Waals surface area (Å²) in [6, 6.07) is -1.43. The summed E-state index contributed by atoms with van der Waals surface area (Å²) in [6.45, 7) is 1.73. The number of carbonyl (C=O) groups excluding carboxylic acids is 1. The monoisotopic (exact) mass is 284 g/mol. The van der Waals surface area contributed by atoms with Crippen LogP contribution in [0, 0.1) is 17.8 Å². The van der Waals surface area contributed by atoms with Gasteiger partial charge in [-0.3, -0.25) is 0 Å². The van der Waals surface area contributed by atoms with Crippen molar-refractivity contribution in [3.8, 4) is 0 Å². The van der Waals surface area contributed by atoms with Crippen LogP contribution in [0.2, 0.25) is 0 Å². The maximum atomic E-state index is 11.8. The number of aliphatic hydroxyl groups excluding tert-OH is 1. The van der Waals surface area contributed by atoms with E-state index in [0.717, 1.165) is 5.92 Å². The lowest BCUT2D eigenvalue weighted by atomic mass is 9.84. The highest BCUT2D eigenvalue weighted by Gasteiger charge is 2.42. The van der Waals surface area contributed by atoms with Crippen molar-refractivity contribution in [3.05, 3.63) is 0 Å². The van der Waals surface area contributed by atoms with Gasteiger partial charge in [-0.15, -0.1) is 0 Å². The number of carbonyl (C=O) groups is 2. The van der Waals surface area contributed by atoms with E-state index in [1.54, 1.807) is 0 Å².